The average Bonchev–Trinajstić information content (AvgIpc) is 3.32. The lowest BCUT2D eigenvalue weighted by Crippen LogP contribution is -2.46. The van der Waals surface area contributed by atoms with E-state index in [-0.39, 0.29) is 5.91 Å². The Labute approximate surface area is 196 Å². The molecule has 2 heterocycles. The van der Waals surface area contributed by atoms with Crippen LogP contribution in [0.3, 0.4) is 0 Å². The van der Waals surface area contributed by atoms with Crippen LogP contribution in [0.4, 0.5) is 0 Å². The van der Waals surface area contributed by atoms with E-state index in [0.29, 0.717) is 30.2 Å². The molecular weight excluding hydrogens is 412 g/mol. The van der Waals surface area contributed by atoms with Gasteiger partial charge in [-0.15, -0.1) is 0 Å². The van der Waals surface area contributed by atoms with Gasteiger partial charge in [-0.25, -0.2) is 0 Å². The van der Waals surface area contributed by atoms with Crippen LogP contribution >= 0.6 is 0 Å². The summed E-state index contributed by atoms with van der Waals surface area (Å²) >= 11 is 0. The normalized spacial score (nSPS) is 14.9. The van der Waals surface area contributed by atoms with Crippen molar-refractivity contribution in [1.82, 2.24) is 19.9 Å². The molecule has 0 radical (unpaired) electrons. The SMILES string of the molecule is CCCN(Cc1nc(-c2ccc(C(C)C)cc2)no1)C1CCN(C(=O)c2ccccc2)CC1. The number of carbonyl (C=O) groups is 1. The third kappa shape index (κ3) is 5.69. The topological polar surface area (TPSA) is 62.5 Å². The summed E-state index contributed by atoms with van der Waals surface area (Å²) in [6, 6.07) is 18.3. The smallest absolute Gasteiger partial charge is 0.253 e. The maximum atomic E-state index is 12.8. The number of carbonyl (C=O) groups excluding carboxylic acids is 1. The summed E-state index contributed by atoms with van der Waals surface area (Å²) in [7, 11) is 0. The minimum absolute atomic E-state index is 0.126. The van der Waals surface area contributed by atoms with Crippen molar-refractivity contribution in [2.24, 2.45) is 0 Å². The molecule has 1 amide bonds. The molecule has 1 fully saturated rings. The van der Waals surface area contributed by atoms with Crippen LogP contribution in [0.15, 0.2) is 59.1 Å². The predicted octanol–water partition coefficient (Wildman–Crippen LogP) is 5.38. The molecule has 1 aromatic heterocycles. The van der Waals surface area contributed by atoms with Crippen molar-refractivity contribution in [3.8, 4) is 11.4 Å². The second-order valence-corrected chi connectivity index (χ2v) is 9.15. The molecule has 0 unspecified atom stereocenters. The quantitative estimate of drug-likeness (QED) is 0.465. The largest absolute Gasteiger partial charge is 0.339 e. The Bertz CT molecular complexity index is 1020. The first-order valence-corrected chi connectivity index (χ1v) is 12.1. The van der Waals surface area contributed by atoms with E-state index < -0.39 is 0 Å². The molecule has 3 aromatic rings. The van der Waals surface area contributed by atoms with Crippen LogP contribution in [0, 0.1) is 0 Å². The summed E-state index contributed by atoms with van der Waals surface area (Å²) in [5, 5.41) is 4.22. The third-order valence-corrected chi connectivity index (χ3v) is 6.44. The molecular formula is C27H34N4O2. The molecule has 6 nitrogen and oxygen atoms in total. The summed E-state index contributed by atoms with van der Waals surface area (Å²) in [6.07, 6.45) is 2.97. The number of benzene rings is 2. The highest BCUT2D eigenvalue weighted by Gasteiger charge is 2.28. The Balaban J connectivity index is 1.37. The predicted molar refractivity (Wildman–Crippen MR) is 130 cm³/mol. The summed E-state index contributed by atoms with van der Waals surface area (Å²) in [4.78, 5) is 21.8. The first kappa shape index (κ1) is 23.2. The third-order valence-electron chi connectivity index (χ3n) is 6.44. The molecule has 0 N–H and O–H groups in total. The van der Waals surface area contributed by atoms with E-state index in [9.17, 15) is 4.79 Å². The van der Waals surface area contributed by atoms with Crippen LogP contribution in [0.2, 0.25) is 0 Å². The fourth-order valence-electron chi connectivity index (χ4n) is 4.50. The van der Waals surface area contributed by atoms with Gasteiger partial charge < -0.3 is 9.42 Å². The van der Waals surface area contributed by atoms with Crippen LogP contribution < -0.4 is 0 Å². The molecule has 0 aliphatic carbocycles. The highest BCUT2D eigenvalue weighted by atomic mass is 16.5. The van der Waals surface area contributed by atoms with E-state index in [0.717, 1.165) is 50.0 Å². The zero-order valence-corrected chi connectivity index (χ0v) is 19.9. The Hall–Kier alpha value is -2.99. The number of aromatic nitrogens is 2. The first-order chi connectivity index (χ1) is 16.0. The summed E-state index contributed by atoms with van der Waals surface area (Å²) in [5.74, 6) is 1.91. The van der Waals surface area contributed by atoms with Crippen molar-refractivity contribution in [3.63, 3.8) is 0 Å². The summed E-state index contributed by atoms with van der Waals surface area (Å²) < 4.78 is 5.61. The molecule has 0 bridgehead atoms. The van der Waals surface area contributed by atoms with Gasteiger partial charge in [0.05, 0.1) is 6.54 Å². The van der Waals surface area contributed by atoms with Crippen molar-refractivity contribution in [2.75, 3.05) is 19.6 Å². The minimum atomic E-state index is 0.126. The highest BCUT2D eigenvalue weighted by Crippen LogP contribution is 2.23. The van der Waals surface area contributed by atoms with Gasteiger partial charge in [-0.3, -0.25) is 9.69 Å². The fraction of sp³-hybridized carbons (Fsp3) is 0.444. The van der Waals surface area contributed by atoms with E-state index in [1.54, 1.807) is 0 Å². The van der Waals surface area contributed by atoms with E-state index in [1.807, 2.05) is 35.2 Å². The van der Waals surface area contributed by atoms with Gasteiger partial charge in [-0.2, -0.15) is 4.98 Å². The molecule has 6 heteroatoms. The molecule has 2 aromatic carbocycles. The molecule has 33 heavy (non-hydrogen) atoms. The van der Waals surface area contributed by atoms with Crippen molar-refractivity contribution in [3.05, 3.63) is 71.6 Å². The van der Waals surface area contributed by atoms with E-state index in [4.69, 9.17) is 4.52 Å². The van der Waals surface area contributed by atoms with Gasteiger partial charge in [-0.05, 0) is 49.4 Å². The van der Waals surface area contributed by atoms with E-state index >= 15 is 0 Å². The number of likely N-dealkylation sites (tertiary alicyclic amines) is 1. The molecule has 0 spiro atoms. The summed E-state index contributed by atoms with van der Waals surface area (Å²) in [6.45, 7) is 9.72. The van der Waals surface area contributed by atoms with E-state index in [2.05, 4.69) is 60.1 Å². The van der Waals surface area contributed by atoms with Crippen molar-refractivity contribution < 1.29 is 9.32 Å². The lowest BCUT2D eigenvalue weighted by molar-refractivity contribution is 0.0590. The Morgan fingerprint density at radius 1 is 1.09 bits per heavy atom. The van der Waals surface area contributed by atoms with Gasteiger partial charge in [0, 0.05) is 30.3 Å². The Morgan fingerprint density at radius 3 is 2.42 bits per heavy atom. The van der Waals surface area contributed by atoms with Crippen LogP contribution in [0.25, 0.3) is 11.4 Å². The lowest BCUT2D eigenvalue weighted by atomic mass is 10.0. The zero-order valence-electron chi connectivity index (χ0n) is 19.9. The van der Waals surface area contributed by atoms with Crippen LogP contribution in [-0.4, -0.2) is 51.5 Å². The van der Waals surface area contributed by atoms with Crippen LogP contribution in [0.5, 0.6) is 0 Å². The Morgan fingerprint density at radius 2 is 1.79 bits per heavy atom. The highest BCUT2D eigenvalue weighted by molar-refractivity contribution is 5.94. The molecule has 1 aliphatic rings. The number of piperidine rings is 1. The monoisotopic (exact) mass is 446 g/mol. The Kier molecular flexibility index (Phi) is 7.55. The number of hydrogen-bond donors (Lipinski definition) is 0. The first-order valence-electron chi connectivity index (χ1n) is 12.1. The maximum absolute atomic E-state index is 12.8. The van der Waals surface area contributed by atoms with Gasteiger partial charge in [0.1, 0.15) is 0 Å². The van der Waals surface area contributed by atoms with Crippen molar-refractivity contribution in [2.45, 2.75) is 58.5 Å². The molecule has 1 aliphatic heterocycles. The second kappa shape index (κ2) is 10.8. The molecule has 0 saturated carbocycles. The standard InChI is InChI=1S/C27H34N4O2/c1-4-16-31(24-14-17-30(18-15-24)27(32)23-8-6-5-7-9-23)19-25-28-26(29-33-25)22-12-10-21(11-13-22)20(2)3/h5-13,20,24H,4,14-19H2,1-3H3. The molecule has 0 atom stereocenters. The number of hydrogen-bond acceptors (Lipinski definition) is 5. The lowest BCUT2D eigenvalue weighted by Gasteiger charge is -2.38. The minimum Gasteiger partial charge on any atom is -0.339 e. The molecule has 1 saturated heterocycles. The van der Waals surface area contributed by atoms with Gasteiger partial charge in [0.25, 0.3) is 5.91 Å². The molecule has 174 valence electrons. The number of nitrogens with zero attached hydrogens (tertiary/aromatic N) is 4. The summed E-state index contributed by atoms with van der Waals surface area (Å²) in [5.41, 5.74) is 3.04. The second-order valence-electron chi connectivity index (χ2n) is 9.15. The fourth-order valence-corrected chi connectivity index (χ4v) is 4.50. The zero-order chi connectivity index (χ0) is 23.2. The van der Waals surface area contributed by atoms with Gasteiger partial charge in [0.15, 0.2) is 0 Å². The van der Waals surface area contributed by atoms with Crippen molar-refractivity contribution in [1.29, 1.82) is 0 Å². The number of amides is 1. The molecule has 4 rings (SSSR count). The average molecular weight is 447 g/mol. The van der Waals surface area contributed by atoms with Gasteiger partial charge in [0.2, 0.25) is 11.7 Å². The van der Waals surface area contributed by atoms with Crippen molar-refractivity contribution >= 4 is 5.91 Å². The van der Waals surface area contributed by atoms with Gasteiger partial charge in [-0.1, -0.05) is 68.4 Å². The van der Waals surface area contributed by atoms with Crippen LogP contribution in [0.1, 0.15) is 67.8 Å². The maximum Gasteiger partial charge on any atom is 0.253 e. The van der Waals surface area contributed by atoms with Crippen LogP contribution in [-0.2, 0) is 6.54 Å². The van der Waals surface area contributed by atoms with E-state index in [1.165, 1.54) is 5.56 Å². The number of rotatable bonds is 8. The van der Waals surface area contributed by atoms with Gasteiger partial charge >= 0.3 is 0 Å².